The van der Waals surface area contributed by atoms with Gasteiger partial charge in [-0.15, -0.1) is 11.3 Å². The van der Waals surface area contributed by atoms with Crippen LogP contribution in [0.3, 0.4) is 0 Å². The number of rotatable bonds is 6. The quantitative estimate of drug-likeness (QED) is 0.609. The van der Waals surface area contributed by atoms with Crippen LogP contribution in [0.2, 0.25) is 0 Å². The molecule has 10 heteroatoms. The van der Waals surface area contributed by atoms with Gasteiger partial charge in [-0.1, -0.05) is 11.2 Å². The van der Waals surface area contributed by atoms with Crippen molar-refractivity contribution >= 4 is 17.2 Å². The number of amides is 1. The van der Waals surface area contributed by atoms with Crippen molar-refractivity contribution in [1.82, 2.24) is 19.9 Å². The highest BCUT2D eigenvalue weighted by atomic mass is 32.1. The smallest absolute Gasteiger partial charge is 0.387 e. The van der Waals surface area contributed by atoms with E-state index in [1.807, 2.05) is 17.5 Å². The number of thiophene rings is 1. The monoisotopic (exact) mass is 420 g/mol. The summed E-state index contributed by atoms with van der Waals surface area (Å²) in [5, 5.41) is 5.98. The highest BCUT2D eigenvalue weighted by molar-refractivity contribution is 7.13. The molecule has 152 valence electrons. The van der Waals surface area contributed by atoms with Crippen molar-refractivity contribution in [3.8, 4) is 16.5 Å². The van der Waals surface area contributed by atoms with E-state index in [-0.39, 0.29) is 11.7 Å². The summed E-state index contributed by atoms with van der Waals surface area (Å²) in [6, 6.07) is 9.60. The van der Waals surface area contributed by atoms with Gasteiger partial charge >= 0.3 is 6.61 Å². The van der Waals surface area contributed by atoms with E-state index < -0.39 is 6.61 Å². The molecule has 3 aromatic rings. The Kier molecular flexibility index (Phi) is 5.81. The molecule has 1 fully saturated rings. The van der Waals surface area contributed by atoms with Crippen LogP contribution in [0.5, 0.6) is 5.75 Å². The van der Waals surface area contributed by atoms with Gasteiger partial charge in [0.05, 0.1) is 11.4 Å². The Morgan fingerprint density at radius 3 is 2.59 bits per heavy atom. The van der Waals surface area contributed by atoms with Gasteiger partial charge in [0.25, 0.3) is 11.8 Å². The minimum atomic E-state index is -2.88. The van der Waals surface area contributed by atoms with E-state index >= 15 is 0 Å². The van der Waals surface area contributed by atoms with Gasteiger partial charge in [-0.05, 0) is 35.7 Å². The van der Waals surface area contributed by atoms with Crippen molar-refractivity contribution in [3.05, 3.63) is 53.2 Å². The molecular weight excluding hydrogens is 402 g/mol. The first-order valence-corrected chi connectivity index (χ1v) is 9.89. The predicted octanol–water partition coefficient (Wildman–Crippen LogP) is 3.36. The Balaban J connectivity index is 1.29. The van der Waals surface area contributed by atoms with Crippen LogP contribution in [0.15, 0.2) is 46.3 Å². The van der Waals surface area contributed by atoms with Gasteiger partial charge in [-0.3, -0.25) is 9.69 Å². The number of hydrogen-bond donors (Lipinski definition) is 0. The third kappa shape index (κ3) is 4.77. The number of ether oxygens (including phenoxy) is 1. The molecule has 1 saturated heterocycles. The summed E-state index contributed by atoms with van der Waals surface area (Å²) in [4.78, 5) is 21.9. The second-order valence-corrected chi connectivity index (χ2v) is 7.41. The summed E-state index contributed by atoms with van der Waals surface area (Å²) in [6.45, 7) is 0.150. The highest BCUT2D eigenvalue weighted by Gasteiger charge is 2.23. The van der Waals surface area contributed by atoms with Crippen LogP contribution in [0, 0.1) is 0 Å². The molecule has 0 N–H and O–H groups in total. The Bertz CT molecular complexity index is 939. The second-order valence-electron chi connectivity index (χ2n) is 6.46. The van der Waals surface area contributed by atoms with Crippen LogP contribution in [0.25, 0.3) is 10.8 Å². The molecule has 0 bridgehead atoms. The first-order chi connectivity index (χ1) is 14.1. The van der Waals surface area contributed by atoms with Gasteiger partial charge in [-0.2, -0.15) is 13.8 Å². The number of carbonyl (C=O) groups excluding carboxylic acids is 1. The largest absolute Gasteiger partial charge is 0.435 e. The molecule has 4 rings (SSSR count). The van der Waals surface area contributed by atoms with E-state index in [4.69, 9.17) is 4.52 Å². The fourth-order valence-corrected chi connectivity index (χ4v) is 3.73. The zero-order valence-electron chi connectivity index (χ0n) is 15.3. The van der Waals surface area contributed by atoms with E-state index in [0.717, 1.165) is 4.88 Å². The maximum atomic E-state index is 12.6. The molecule has 1 aliphatic rings. The number of halogens is 2. The van der Waals surface area contributed by atoms with E-state index in [0.29, 0.717) is 50.0 Å². The normalized spacial score (nSPS) is 15.1. The molecule has 7 nitrogen and oxygen atoms in total. The first-order valence-electron chi connectivity index (χ1n) is 9.01. The van der Waals surface area contributed by atoms with Gasteiger partial charge in [0, 0.05) is 31.7 Å². The average molecular weight is 420 g/mol. The lowest BCUT2D eigenvalue weighted by Crippen LogP contribution is -2.48. The van der Waals surface area contributed by atoms with E-state index in [1.165, 1.54) is 24.3 Å². The molecule has 1 aliphatic heterocycles. The molecule has 0 spiro atoms. The fourth-order valence-electron chi connectivity index (χ4n) is 3.09. The molecule has 3 heterocycles. The Morgan fingerprint density at radius 1 is 1.17 bits per heavy atom. The Morgan fingerprint density at radius 2 is 1.93 bits per heavy atom. The van der Waals surface area contributed by atoms with Crippen molar-refractivity contribution < 1.29 is 22.8 Å². The lowest BCUT2D eigenvalue weighted by Gasteiger charge is -2.34. The number of hydrogen-bond acceptors (Lipinski definition) is 7. The van der Waals surface area contributed by atoms with Crippen molar-refractivity contribution in [2.45, 2.75) is 13.2 Å². The summed E-state index contributed by atoms with van der Waals surface area (Å²) in [6.07, 6.45) is 0. The lowest BCUT2D eigenvalue weighted by atomic mass is 10.1. The van der Waals surface area contributed by atoms with Crippen LogP contribution in [-0.4, -0.2) is 58.6 Å². The second kappa shape index (κ2) is 8.66. The molecule has 0 radical (unpaired) electrons. The first kappa shape index (κ1) is 19.5. The summed E-state index contributed by atoms with van der Waals surface area (Å²) < 4.78 is 34.0. The number of benzene rings is 1. The predicted molar refractivity (Wildman–Crippen MR) is 102 cm³/mol. The average Bonchev–Trinajstić information content (AvgIpc) is 3.40. The standard InChI is InChI=1S/C19H18F2N4O3S/c20-19(21)27-14-5-3-13(4-6-14)18(26)25-9-7-24(8-10-25)12-16-22-17(28-23-16)15-2-1-11-29-15/h1-6,11,19H,7-10,12H2. The van der Waals surface area contributed by atoms with Crippen molar-refractivity contribution in [2.75, 3.05) is 26.2 Å². The molecule has 2 aromatic heterocycles. The van der Waals surface area contributed by atoms with Gasteiger partial charge in [0.1, 0.15) is 5.75 Å². The zero-order chi connectivity index (χ0) is 20.2. The maximum Gasteiger partial charge on any atom is 0.387 e. The Hall–Kier alpha value is -2.85. The maximum absolute atomic E-state index is 12.6. The van der Waals surface area contributed by atoms with Crippen LogP contribution >= 0.6 is 11.3 Å². The minimum Gasteiger partial charge on any atom is -0.435 e. The molecule has 1 amide bonds. The van der Waals surface area contributed by atoms with Gasteiger partial charge in [0.15, 0.2) is 5.82 Å². The molecule has 0 aliphatic carbocycles. The Labute approximate surface area is 169 Å². The van der Waals surface area contributed by atoms with E-state index in [2.05, 4.69) is 19.8 Å². The third-order valence-corrected chi connectivity index (χ3v) is 5.41. The summed E-state index contributed by atoms with van der Waals surface area (Å²) in [7, 11) is 0. The molecule has 29 heavy (non-hydrogen) atoms. The summed E-state index contributed by atoms with van der Waals surface area (Å²) >= 11 is 1.54. The third-order valence-electron chi connectivity index (χ3n) is 4.55. The topological polar surface area (TPSA) is 71.7 Å². The zero-order valence-corrected chi connectivity index (χ0v) is 16.1. The van der Waals surface area contributed by atoms with Crippen LogP contribution in [0.1, 0.15) is 16.2 Å². The molecular formula is C19H18F2N4O3S. The highest BCUT2D eigenvalue weighted by Crippen LogP contribution is 2.23. The SMILES string of the molecule is O=C(c1ccc(OC(F)F)cc1)N1CCN(Cc2noc(-c3cccs3)n2)CC1. The minimum absolute atomic E-state index is 0.0309. The van der Waals surface area contributed by atoms with Crippen molar-refractivity contribution in [1.29, 1.82) is 0 Å². The van der Waals surface area contributed by atoms with Crippen LogP contribution in [0.4, 0.5) is 8.78 Å². The van der Waals surface area contributed by atoms with Gasteiger partial charge in [0.2, 0.25) is 0 Å². The summed E-state index contributed by atoms with van der Waals surface area (Å²) in [5.74, 6) is 1.03. The van der Waals surface area contributed by atoms with Crippen LogP contribution < -0.4 is 4.74 Å². The number of piperazine rings is 1. The van der Waals surface area contributed by atoms with Crippen molar-refractivity contribution in [2.24, 2.45) is 0 Å². The van der Waals surface area contributed by atoms with Crippen molar-refractivity contribution in [3.63, 3.8) is 0 Å². The molecule has 1 aromatic carbocycles. The lowest BCUT2D eigenvalue weighted by molar-refractivity contribution is -0.0498. The number of carbonyl (C=O) groups is 1. The fraction of sp³-hybridized carbons (Fsp3) is 0.316. The number of alkyl halides is 2. The van der Waals surface area contributed by atoms with Gasteiger partial charge in [-0.25, -0.2) is 0 Å². The molecule has 0 unspecified atom stereocenters. The van der Waals surface area contributed by atoms with E-state index in [9.17, 15) is 13.6 Å². The summed E-state index contributed by atoms with van der Waals surface area (Å²) in [5.41, 5.74) is 0.443. The van der Waals surface area contributed by atoms with E-state index in [1.54, 1.807) is 16.2 Å². The van der Waals surface area contributed by atoms with Gasteiger partial charge < -0.3 is 14.2 Å². The molecule has 0 saturated carbocycles. The number of nitrogens with zero attached hydrogens (tertiary/aromatic N) is 4. The molecule has 0 atom stereocenters. The van der Waals surface area contributed by atoms with Crippen LogP contribution in [-0.2, 0) is 6.54 Å². The number of aromatic nitrogens is 2.